The molecule has 120 valence electrons. The molecular formula is C13H14Cl2N2O2S3. The summed E-state index contributed by atoms with van der Waals surface area (Å²) < 4.78 is 28.2. The van der Waals surface area contributed by atoms with Gasteiger partial charge in [0.2, 0.25) is 0 Å². The summed E-state index contributed by atoms with van der Waals surface area (Å²) in [4.78, 5) is 3.45. The third-order valence-corrected chi connectivity index (χ3v) is 8.30. The van der Waals surface area contributed by atoms with E-state index in [0.29, 0.717) is 34.7 Å². The van der Waals surface area contributed by atoms with E-state index in [4.69, 9.17) is 23.2 Å². The molecule has 3 rings (SSSR count). The molecule has 4 nitrogen and oxygen atoms in total. The minimum absolute atomic E-state index is 0.316. The van der Waals surface area contributed by atoms with E-state index in [0.717, 1.165) is 22.2 Å². The zero-order chi connectivity index (χ0) is 15.7. The lowest BCUT2D eigenvalue weighted by Gasteiger charge is -2.33. The Morgan fingerprint density at radius 2 is 1.59 bits per heavy atom. The van der Waals surface area contributed by atoms with Crippen molar-refractivity contribution < 1.29 is 8.42 Å². The maximum absolute atomic E-state index is 12.5. The van der Waals surface area contributed by atoms with Gasteiger partial charge in [0.15, 0.2) is 0 Å². The lowest BCUT2D eigenvalue weighted by Crippen LogP contribution is -2.47. The summed E-state index contributed by atoms with van der Waals surface area (Å²) in [6.45, 7) is 3.24. The van der Waals surface area contributed by atoms with Crippen LogP contribution in [0.3, 0.4) is 0 Å². The number of hydrogen-bond donors (Lipinski definition) is 0. The molecule has 22 heavy (non-hydrogen) atoms. The number of halogens is 2. The van der Waals surface area contributed by atoms with Crippen LogP contribution in [0.4, 0.5) is 0 Å². The Labute approximate surface area is 147 Å². The van der Waals surface area contributed by atoms with E-state index in [-0.39, 0.29) is 0 Å². The Hall–Kier alpha value is -0.150. The Kier molecular flexibility index (Phi) is 5.13. The highest BCUT2D eigenvalue weighted by Gasteiger charge is 2.29. The van der Waals surface area contributed by atoms with Gasteiger partial charge in [-0.05, 0) is 24.3 Å². The van der Waals surface area contributed by atoms with Crippen LogP contribution >= 0.6 is 45.9 Å². The molecule has 3 heterocycles. The average molecular weight is 397 g/mol. The predicted octanol–water partition coefficient (Wildman–Crippen LogP) is 3.62. The van der Waals surface area contributed by atoms with Crippen molar-refractivity contribution in [2.24, 2.45) is 0 Å². The Morgan fingerprint density at radius 1 is 0.955 bits per heavy atom. The van der Waals surface area contributed by atoms with Gasteiger partial charge in [-0.1, -0.05) is 23.2 Å². The fourth-order valence-electron chi connectivity index (χ4n) is 2.35. The van der Waals surface area contributed by atoms with E-state index in [1.54, 1.807) is 23.5 Å². The molecule has 2 aromatic rings. The maximum Gasteiger partial charge on any atom is 0.252 e. The van der Waals surface area contributed by atoms with Crippen LogP contribution < -0.4 is 0 Å². The second-order valence-electron chi connectivity index (χ2n) is 4.94. The van der Waals surface area contributed by atoms with Crippen molar-refractivity contribution >= 4 is 55.9 Å². The highest BCUT2D eigenvalue weighted by molar-refractivity contribution is 7.91. The van der Waals surface area contributed by atoms with Crippen LogP contribution in [0.15, 0.2) is 28.5 Å². The average Bonchev–Trinajstić information content (AvgIpc) is 3.09. The Bertz CT molecular complexity index is 749. The molecule has 0 atom stereocenters. The van der Waals surface area contributed by atoms with Gasteiger partial charge in [-0.2, -0.15) is 4.31 Å². The topological polar surface area (TPSA) is 40.6 Å². The van der Waals surface area contributed by atoms with Crippen molar-refractivity contribution in [1.29, 1.82) is 0 Å². The van der Waals surface area contributed by atoms with Gasteiger partial charge in [-0.15, -0.1) is 22.7 Å². The van der Waals surface area contributed by atoms with Gasteiger partial charge < -0.3 is 0 Å². The minimum atomic E-state index is -3.41. The van der Waals surface area contributed by atoms with Gasteiger partial charge >= 0.3 is 0 Å². The first kappa shape index (κ1) is 16.7. The van der Waals surface area contributed by atoms with Crippen molar-refractivity contribution in [2.75, 3.05) is 26.2 Å². The van der Waals surface area contributed by atoms with Crippen LogP contribution in [-0.4, -0.2) is 43.8 Å². The van der Waals surface area contributed by atoms with E-state index in [2.05, 4.69) is 4.90 Å². The van der Waals surface area contributed by atoms with E-state index in [1.165, 1.54) is 9.18 Å². The van der Waals surface area contributed by atoms with Gasteiger partial charge in [0.25, 0.3) is 10.0 Å². The number of piperazine rings is 1. The molecule has 0 bridgehead atoms. The largest absolute Gasteiger partial charge is 0.296 e. The van der Waals surface area contributed by atoms with Gasteiger partial charge in [-0.25, -0.2) is 8.42 Å². The predicted molar refractivity (Wildman–Crippen MR) is 92.7 cm³/mol. The molecule has 0 spiro atoms. The monoisotopic (exact) mass is 396 g/mol. The zero-order valence-corrected chi connectivity index (χ0v) is 15.5. The third kappa shape index (κ3) is 3.67. The first-order chi connectivity index (χ1) is 10.4. The summed E-state index contributed by atoms with van der Waals surface area (Å²) in [5.41, 5.74) is 0. The van der Waals surface area contributed by atoms with E-state index < -0.39 is 10.0 Å². The molecule has 9 heteroatoms. The maximum atomic E-state index is 12.5. The second kappa shape index (κ2) is 6.76. The molecule has 1 fully saturated rings. The summed E-state index contributed by atoms with van der Waals surface area (Å²) >= 11 is 14.4. The SMILES string of the molecule is O=S(=O)(c1ccc(Cl)s1)N1CCN(Cc2ccc(Cl)s2)CC1. The van der Waals surface area contributed by atoms with Gasteiger partial charge in [0.1, 0.15) is 4.21 Å². The molecule has 1 aliphatic rings. The van der Waals surface area contributed by atoms with Crippen molar-refractivity contribution in [3.63, 3.8) is 0 Å². The Morgan fingerprint density at radius 3 is 2.14 bits per heavy atom. The van der Waals surface area contributed by atoms with E-state index in [1.807, 2.05) is 12.1 Å². The molecule has 0 radical (unpaired) electrons. The third-order valence-electron chi connectivity index (χ3n) is 3.48. The Balaban J connectivity index is 1.61. The van der Waals surface area contributed by atoms with Gasteiger partial charge in [0, 0.05) is 37.6 Å². The highest BCUT2D eigenvalue weighted by atomic mass is 35.5. The lowest BCUT2D eigenvalue weighted by atomic mass is 10.3. The quantitative estimate of drug-likeness (QED) is 0.791. The van der Waals surface area contributed by atoms with Gasteiger partial charge in [0.05, 0.1) is 8.67 Å². The second-order valence-corrected chi connectivity index (χ2v) is 10.6. The van der Waals surface area contributed by atoms with Crippen molar-refractivity contribution in [3.05, 3.63) is 37.8 Å². The number of thiophene rings is 2. The van der Waals surface area contributed by atoms with E-state index >= 15 is 0 Å². The zero-order valence-electron chi connectivity index (χ0n) is 11.5. The molecule has 1 saturated heterocycles. The number of sulfonamides is 1. The van der Waals surface area contributed by atoms with Crippen LogP contribution in [0.5, 0.6) is 0 Å². The summed E-state index contributed by atoms with van der Waals surface area (Å²) in [5, 5.41) is 0. The smallest absolute Gasteiger partial charge is 0.252 e. The molecule has 0 saturated carbocycles. The summed E-state index contributed by atoms with van der Waals surface area (Å²) in [7, 11) is -3.41. The van der Waals surface area contributed by atoms with Crippen molar-refractivity contribution in [1.82, 2.24) is 9.21 Å². The van der Waals surface area contributed by atoms with E-state index in [9.17, 15) is 8.42 Å². The normalized spacial score (nSPS) is 17.9. The molecule has 0 N–H and O–H groups in total. The number of rotatable bonds is 4. The molecule has 1 aliphatic heterocycles. The molecule has 0 unspecified atom stereocenters. The highest BCUT2D eigenvalue weighted by Crippen LogP contribution is 2.29. The minimum Gasteiger partial charge on any atom is -0.296 e. The van der Waals surface area contributed by atoms with Crippen LogP contribution in [0, 0.1) is 0 Å². The lowest BCUT2D eigenvalue weighted by molar-refractivity contribution is 0.183. The molecule has 2 aromatic heterocycles. The van der Waals surface area contributed by atoms with Crippen LogP contribution in [-0.2, 0) is 16.6 Å². The van der Waals surface area contributed by atoms with Crippen molar-refractivity contribution in [2.45, 2.75) is 10.8 Å². The first-order valence-corrected chi connectivity index (χ1v) is 10.5. The fraction of sp³-hybridized carbons (Fsp3) is 0.385. The van der Waals surface area contributed by atoms with Crippen molar-refractivity contribution in [3.8, 4) is 0 Å². The molecular weight excluding hydrogens is 383 g/mol. The molecule has 0 aromatic carbocycles. The number of nitrogens with zero attached hydrogens (tertiary/aromatic N) is 2. The fourth-order valence-corrected chi connectivity index (χ4v) is 6.54. The van der Waals surface area contributed by atoms with Crippen LogP contribution in [0.1, 0.15) is 4.88 Å². The van der Waals surface area contributed by atoms with Gasteiger partial charge in [-0.3, -0.25) is 4.90 Å². The number of hydrogen-bond acceptors (Lipinski definition) is 5. The summed E-state index contributed by atoms with van der Waals surface area (Å²) in [6.07, 6.45) is 0. The summed E-state index contributed by atoms with van der Waals surface area (Å²) in [6, 6.07) is 7.10. The molecule has 0 aliphatic carbocycles. The van der Waals surface area contributed by atoms with Crippen LogP contribution in [0.25, 0.3) is 0 Å². The summed E-state index contributed by atoms with van der Waals surface area (Å²) in [5.74, 6) is 0. The standard InChI is InChI=1S/C13H14Cl2N2O2S3/c14-11-2-1-10(20-11)9-16-5-7-17(8-6-16)22(18,19)13-4-3-12(15)21-13/h1-4H,5-9H2. The van der Waals surface area contributed by atoms with Crippen LogP contribution in [0.2, 0.25) is 8.67 Å². The first-order valence-electron chi connectivity index (χ1n) is 6.67. The molecule has 0 amide bonds.